The average molecular weight is 367 g/mol. The van der Waals surface area contributed by atoms with Gasteiger partial charge in [0.1, 0.15) is 11.5 Å². The monoisotopic (exact) mass is 365 g/mol. The molecule has 0 saturated heterocycles. The first-order valence-electron chi connectivity index (χ1n) is 5.55. The second kappa shape index (κ2) is 7.95. The van der Waals surface area contributed by atoms with Gasteiger partial charge in [-0.25, -0.2) is 0 Å². The highest BCUT2D eigenvalue weighted by atomic mass is 79.9. The fourth-order valence-corrected chi connectivity index (χ4v) is 2.25. The Morgan fingerprint density at radius 1 is 1.18 bits per heavy atom. The number of rotatable bonds is 7. The minimum absolute atomic E-state index is 0.699. The van der Waals surface area contributed by atoms with Crippen molar-refractivity contribution in [2.75, 3.05) is 26.8 Å². The standard InChI is InChI=1S/C12H17Br2NO2/c1-3-15-5-4-6-17-12-8-9(13)11(16-2)7-10(12)14/h7-8,15H,3-6H2,1-2H3. The molecule has 5 heteroatoms. The molecule has 0 aliphatic heterocycles. The first-order chi connectivity index (χ1) is 8.19. The van der Waals surface area contributed by atoms with Crippen molar-refractivity contribution in [1.29, 1.82) is 0 Å². The Kier molecular flexibility index (Phi) is 6.92. The molecule has 0 fully saturated rings. The second-order valence-electron chi connectivity index (χ2n) is 3.47. The van der Waals surface area contributed by atoms with Crippen LogP contribution in [0.4, 0.5) is 0 Å². The zero-order chi connectivity index (χ0) is 12.7. The molecule has 0 radical (unpaired) electrons. The summed E-state index contributed by atoms with van der Waals surface area (Å²) in [6.07, 6.45) is 0.990. The van der Waals surface area contributed by atoms with Crippen molar-refractivity contribution in [3.8, 4) is 11.5 Å². The maximum absolute atomic E-state index is 5.69. The number of hydrogen-bond donors (Lipinski definition) is 1. The first kappa shape index (κ1) is 14.8. The Bertz CT molecular complexity index is 359. The average Bonchev–Trinajstić information content (AvgIpc) is 2.32. The Hall–Kier alpha value is -0.260. The molecule has 3 nitrogen and oxygen atoms in total. The molecule has 0 aliphatic rings. The fourth-order valence-electron chi connectivity index (χ4n) is 1.33. The van der Waals surface area contributed by atoms with Crippen LogP contribution < -0.4 is 14.8 Å². The van der Waals surface area contributed by atoms with Crippen LogP contribution in [0.25, 0.3) is 0 Å². The summed E-state index contributed by atoms with van der Waals surface area (Å²) in [6.45, 7) is 4.77. The van der Waals surface area contributed by atoms with Gasteiger partial charge in [0.15, 0.2) is 0 Å². The third-order valence-corrected chi connectivity index (χ3v) is 3.45. The van der Waals surface area contributed by atoms with Crippen LogP contribution >= 0.6 is 31.9 Å². The third kappa shape index (κ3) is 4.85. The van der Waals surface area contributed by atoms with Crippen LogP contribution in [0.5, 0.6) is 11.5 Å². The van der Waals surface area contributed by atoms with E-state index < -0.39 is 0 Å². The van der Waals surface area contributed by atoms with E-state index in [9.17, 15) is 0 Å². The van der Waals surface area contributed by atoms with Crippen LogP contribution in [-0.2, 0) is 0 Å². The maximum atomic E-state index is 5.69. The van der Waals surface area contributed by atoms with E-state index in [-0.39, 0.29) is 0 Å². The van der Waals surface area contributed by atoms with Gasteiger partial charge in [0.05, 0.1) is 22.7 Å². The lowest BCUT2D eigenvalue weighted by Crippen LogP contribution is -2.16. The Labute approximate surface area is 119 Å². The Morgan fingerprint density at radius 2 is 1.82 bits per heavy atom. The van der Waals surface area contributed by atoms with E-state index in [1.165, 1.54) is 0 Å². The Morgan fingerprint density at radius 3 is 2.47 bits per heavy atom. The van der Waals surface area contributed by atoms with Gasteiger partial charge in [0, 0.05) is 0 Å². The number of nitrogens with one attached hydrogen (secondary N) is 1. The van der Waals surface area contributed by atoms with Crippen molar-refractivity contribution >= 4 is 31.9 Å². The van der Waals surface area contributed by atoms with Crippen LogP contribution in [-0.4, -0.2) is 26.8 Å². The molecule has 1 N–H and O–H groups in total. The summed E-state index contributed by atoms with van der Waals surface area (Å²) in [7, 11) is 1.64. The van der Waals surface area contributed by atoms with Crippen LogP contribution in [0, 0.1) is 0 Å². The van der Waals surface area contributed by atoms with Gasteiger partial charge in [-0.3, -0.25) is 0 Å². The predicted molar refractivity (Wildman–Crippen MR) is 77.0 cm³/mol. The van der Waals surface area contributed by atoms with Gasteiger partial charge in [-0.15, -0.1) is 0 Å². The summed E-state index contributed by atoms with van der Waals surface area (Å²) in [6, 6.07) is 3.81. The van der Waals surface area contributed by atoms with Gasteiger partial charge in [0.2, 0.25) is 0 Å². The van der Waals surface area contributed by atoms with Gasteiger partial charge >= 0.3 is 0 Å². The molecule has 0 saturated carbocycles. The fraction of sp³-hybridized carbons (Fsp3) is 0.500. The molecule has 0 aliphatic carbocycles. The first-order valence-corrected chi connectivity index (χ1v) is 7.14. The zero-order valence-corrected chi connectivity index (χ0v) is 13.2. The van der Waals surface area contributed by atoms with Crippen LogP contribution in [0.2, 0.25) is 0 Å². The van der Waals surface area contributed by atoms with Crippen molar-refractivity contribution in [3.63, 3.8) is 0 Å². The molecule has 1 aromatic carbocycles. The molecule has 0 spiro atoms. The topological polar surface area (TPSA) is 30.5 Å². The summed E-state index contributed by atoms with van der Waals surface area (Å²) < 4.78 is 12.7. The number of methoxy groups -OCH3 is 1. The van der Waals surface area contributed by atoms with Crippen LogP contribution in [0.3, 0.4) is 0 Å². The van der Waals surface area contributed by atoms with E-state index in [0.717, 1.165) is 40.0 Å². The van der Waals surface area contributed by atoms with Crippen molar-refractivity contribution in [3.05, 3.63) is 21.1 Å². The van der Waals surface area contributed by atoms with Gasteiger partial charge in [-0.05, 0) is 63.5 Å². The van der Waals surface area contributed by atoms with E-state index in [1.54, 1.807) is 7.11 Å². The molecule has 0 amide bonds. The maximum Gasteiger partial charge on any atom is 0.134 e. The normalized spacial score (nSPS) is 10.4. The molecule has 0 unspecified atom stereocenters. The molecule has 1 rings (SSSR count). The zero-order valence-electron chi connectivity index (χ0n) is 10.1. The largest absolute Gasteiger partial charge is 0.496 e. The lowest BCUT2D eigenvalue weighted by molar-refractivity contribution is 0.306. The molecule has 17 heavy (non-hydrogen) atoms. The van der Waals surface area contributed by atoms with E-state index in [1.807, 2.05) is 12.1 Å². The van der Waals surface area contributed by atoms with E-state index in [4.69, 9.17) is 9.47 Å². The summed E-state index contributed by atoms with van der Waals surface area (Å²) in [5, 5.41) is 3.26. The summed E-state index contributed by atoms with van der Waals surface area (Å²) in [5.74, 6) is 1.62. The van der Waals surface area contributed by atoms with Crippen molar-refractivity contribution in [2.45, 2.75) is 13.3 Å². The molecule has 96 valence electrons. The number of ether oxygens (including phenoxy) is 2. The summed E-state index contributed by atoms with van der Waals surface area (Å²) >= 11 is 6.90. The van der Waals surface area contributed by atoms with Gasteiger partial charge in [0.25, 0.3) is 0 Å². The highest BCUT2D eigenvalue weighted by Crippen LogP contribution is 2.35. The molecule has 0 aromatic heterocycles. The van der Waals surface area contributed by atoms with Crippen molar-refractivity contribution < 1.29 is 9.47 Å². The van der Waals surface area contributed by atoms with Crippen LogP contribution in [0.15, 0.2) is 21.1 Å². The SMILES string of the molecule is CCNCCCOc1cc(Br)c(OC)cc1Br. The van der Waals surface area contributed by atoms with Crippen molar-refractivity contribution in [1.82, 2.24) is 5.32 Å². The summed E-state index contributed by atoms with van der Waals surface area (Å²) in [5.41, 5.74) is 0. The lowest BCUT2D eigenvalue weighted by atomic mass is 10.3. The molecule has 0 heterocycles. The van der Waals surface area contributed by atoms with E-state index >= 15 is 0 Å². The summed E-state index contributed by atoms with van der Waals surface area (Å²) in [4.78, 5) is 0. The Balaban J connectivity index is 2.51. The number of halogens is 2. The molecular formula is C12H17Br2NO2. The molecule has 0 atom stereocenters. The minimum Gasteiger partial charge on any atom is -0.496 e. The molecular weight excluding hydrogens is 350 g/mol. The smallest absolute Gasteiger partial charge is 0.134 e. The quantitative estimate of drug-likeness (QED) is 0.748. The van der Waals surface area contributed by atoms with E-state index in [0.29, 0.717) is 6.61 Å². The van der Waals surface area contributed by atoms with E-state index in [2.05, 4.69) is 44.1 Å². The lowest BCUT2D eigenvalue weighted by Gasteiger charge is -2.11. The highest BCUT2D eigenvalue weighted by molar-refractivity contribution is 9.11. The number of benzene rings is 1. The van der Waals surface area contributed by atoms with Crippen molar-refractivity contribution in [2.24, 2.45) is 0 Å². The minimum atomic E-state index is 0.699. The highest BCUT2D eigenvalue weighted by Gasteiger charge is 2.07. The van der Waals surface area contributed by atoms with Crippen LogP contribution in [0.1, 0.15) is 13.3 Å². The second-order valence-corrected chi connectivity index (χ2v) is 5.18. The van der Waals surface area contributed by atoms with Gasteiger partial charge < -0.3 is 14.8 Å². The van der Waals surface area contributed by atoms with Gasteiger partial charge in [-0.2, -0.15) is 0 Å². The molecule has 1 aromatic rings. The van der Waals surface area contributed by atoms with Gasteiger partial charge in [-0.1, -0.05) is 6.92 Å². The molecule has 0 bridgehead atoms. The number of hydrogen-bond acceptors (Lipinski definition) is 3. The predicted octanol–water partition coefficient (Wildman–Crippen LogP) is 3.60. The third-order valence-electron chi connectivity index (χ3n) is 2.21.